The van der Waals surface area contributed by atoms with Crippen molar-refractivity contribution in [3.63, 3.8) is 0 Å². The molecule has 0 radical (unpaired) electrons. The molecular weight excluding hydrogens is 659 g/mol. The normalized spacial score (nSPS) is 14.6. The summed E-state index contributed by atoms with van der Waals surface area (Å²) in [5.74, 6) is -0.168. The second kappa shape index (κ2) is 35.0. The minimum Gasteiger partial charge on any atom is -0.756 e. The molecular formula is C42H85N2O6P. The second-order valence-electron chi connectivity index (χ2n) is 16.1. The molecule has 0 fully saturated rings. The molecule has 0 bridgehead atoms. The fraction of sp³-hybridized carbons (Fsp3) is 0.929. The number of likely N-dealkylation sites (N-methyl/N-ethyl adjacent to an activating group) is 1. The van der Waals surface area contributed by atoms with Crippen molar-refractivity contribution in [3.8, 4) is 0 Å². The van der Waals surface area contributed by atoms with Crippen LogP contribution in [-0.4, -0.2) is 68.5 Å². The van der Waals surface area contributed by atoms with E-state index in [1.54, 1.807) is 0 Å². The number of unbranched alkanes of at least 4 members (excludes halogenated alkanes) is 24. The number of carbonyl (C=O) groups excluding carboxylic acids is 1. The van der Waals surface area contributed by atoms with Crippen LogP contribution in [0.15, 0.2) is 12.2 Å². The zero-order valence-electron chi connectivity index (χ0n) is 34.3. The first kappa shape index (κ1) is 50.2. The fourth-order valence-corrected chi connectivity index (χ4v) is 6.99. The van der Waals surface area contributed by atoms with Crippen molar-refractivity contribution in [1.29, 1.82) is 0 Å². The Balaban J connectivity index is 4.29. The number of phosphoric acid groups is 1. The molecule has 0 aliphatic heterocycles. The Morgan fingerprint density at radius 3 is 1.53 bits per heavy atom. The van der Waals surface area contributed by atoms with Gasteiger partial charge < -0.3 is 28.8 Å². The monoisotopic (exact) mass is 745 g/mol. The van der Waals surface area contributed by atoms with Crippen molar-refractivity contribution >= 4 is 13.7 Å². The number of phosphoric ester groups is 1. The third kappa shape index (κ3) is 37.4. The highest BCUT2D eigenvalue weighted by molar-refractivity contribution is 7.45. The van der Waals surface area contributed by atoms with E-state index < -0.39 is 20.0 Å². The summed E-state index contributed by atoms with van der Waals surface area (Å²) in [5.41, 5.74) is 0. The van der Waals surface area contributed by atoms with Crippen LogP contribution < -0.4 is 10.2 Å². The number of aliphatic hydroxyl groups excluding tert-OH is 1. The number of aliphatic hydroxyl groups is 1. The summed E-state index contributed by atoms with van der Waals surface area (Å²) >= 11 is 0. The number of hydrogen-bond donors (Lipinski definition) is 2. The number of hydrogen-bond acceptors (Lipinski definition) is 6. The van der Waals surface area contributed by atoms with Crippen molar-refractivity contribution in [3.05, 3.63) is 12.2 Å². The summed E-state index contributed by atoms with van der Waals surface area (Å²) in [6, 6.07) is -0.795. The molecule has 0 saturated heterocycles. The lowest BCUT2D eigenvalue weighted by molar-refractivity contribution is -0.870. The highest BCUT2D eigenvalue weighted by atomic mass is 31.2. The van der Waals surface area contributed by atoms with Gasteiger partial charge in [-0.2, -0.15) is 0 Å². The van der Waals surface area contributed by atoms with Crippen LogP contribution in [0.3, 0.4) is 0 Å². The molecule has 0 rings (SSSR count). The Morgan fingerprint density at radius 1 is 0.667 bits per heavy atom. The van der Waals surface area contributed by atoms with Gasteiger partial charge in [0.15, 0.2) is 0 Å². The smallest absolute Gasteiger partial charge is 0.268 e. The summed E-state index contributed by atoms with van der Waals surface area (Å²) in [7, 11) is 1.31. The zero-order chi connectivity index (χ0) is 37.9. The Hall–Kier alpha value is -0.760. The molecule has 0 heterocycles. The van der Waals surface area contributed by atoms with Crippen LogP contribution in [0.4, 0.5) is 0 Å². The highest BCUT2D eigenvalue weighted by Crippen LogP contribution is 2.38. The van der Waals surface area contributed by atoms with E-state index in [4.69, 9.17) is 9.05 Å². The number of allylic oxidation sites excluding steroid dienone is 2. The van der Waals surface area contributed by atoms with Crippen LogP contribution in [0.25, 0.3) is 0 Å². The van der Waals surface area contributed by atoms with E-state index in [9.17, 15) is 19.4 Å². The van der Waals surface area contributed by atoms with Gasteiger partial charge in [0.25, 0.3) is 7.82 Å². The van der Waals surface area contributed by atoms with Crippen molar-refractivity contribution < 1.29 is 32.9 Å². The standard InChI is InChI=1S/C42H85N2O6P/c1-6-8-10-12-14-16-18-19-20-21-22-23-24-25-26-28-30-32-34-36-42(46)43-40(39-50-51(47,48)49-38-37-44(3,4)5)41(45)35-33-31-29-27-17-15-13-11-9-7-2/h19-20,40-41,45H,6-18,21-39H2,1-5H3,(H-,43,46,47,48)/b20-19-. The van der Waals surface area contributed by atoms with Crippen LogP contribution in [0, 0.1) is 0 Å². The molecule has 0 aliphatic rings. The quantitative estimate of drug-likeness (QED) is 0.0281. The molecule has 0 spiro atoms. The van der Waals surface area contributed by atoms with Gasteiger partial charge in [0.1, 0.15) is 13.2 Å². The summed E-state index contributed by atoms with van der Waals surface area (Å²) in [6.07, 6.45) is 37.8. The van der Waals surface area contributed by atoms with E-state index in [2.05, 4.69) is 31.3 Å². The van der Waals surface area contributed by atoms with Gasteiger partial charge in [0.05, 0.1) is 39.9 Å². The van der Waals surface area contributed by atoms with Gasteiger partial charge in [0.2, 0.25) is 5.91 Å². The molecule has 3 unspecified atom stereocenters. The predicted molar refractivity (Wildman–Crippen MR) is 215 cm³/mol. The Bertz CT molecular complexity index is 850. The number of amides is 1. The van der Waals surface area contributed by atoms with Gasteiger partial charge >= 0.3 is 0 Å². The lowest BCUT2D eigenvalue weighted by Gasteiger charge is -2.30. The largest absolute Gasteiger partial charge is 0.756 e. The van der Waals surface area contributed by atoms with Crippen LogP contribution >= 0.6 is 7.82 Å². The predicted octanol–water partition coefficient (Wildman–Crippen LogP) is 10.9. The van der Waals surface area contributed by atoms with E-state index in [1.165, 1.54) is 135 Å². The van der Waals surface area contributed by atoms with Crippen LogP contribution in [-0.2, 0) is 18.4 Å². The second-order valence-corrected chi connectivity index (χ2v) is 17.5. The van der Waals surface area contributed by atoms with Crippen molar-refractivity contribution in [2.45, 2.75) is 212 Å². The summed E-state index contributed by atoms with van der Waals surface area (Å²) in [4.78, 5) is 25.2. The molecule has 3 atom stereocenters. The lowest BCUT2D eigenvalue weighted by Crippen LogP contribution is -2.46. The van der Waals surface area contributed by atoms with Crippen molar-refractivity contribution in [1.82, 2.24) is 5.32 Å². The molecule has 304 valence electrons. The van der Waals surface area contributed by atoms with Gasteiger partial charge in [-0.3, -0.25) is 9.36 Å². The molecule has 51 heavy (non-hydrogen) atoms. The van der Waals surface area contributed by atoms with E-state index in [-0.39, 0.29) is 19.1 Å². The SMILES string of the molecule is CCCCCCCC/C=C\CCCCCCCCCCCC(=O)NC(COP(=O)([O-])OCC[N+](C)(C)C)C(O)CCCCCCCCCCCC. The summed E-state index contributed by atoms with van der Waals surface area (Å²) in [5, 5.41) is 13.8. The Kier molecular flexibility index (Phi) is 34.5. The molecule has 0 saturated carbocycles. The Morgan fingerprint density at radius 2 is 1.08 bits per heavy atom. The fourth-order valence-electron chi connectivity index (χ4n) is 6.27. The Labute approximate surface area is 316 Å². The molecule has 0 aromatic rings. The molecule has 2 N–H and O–H groups in total. The first-order chi connectivity index (χ1) is 24.5. The van der Waals surface area contributed by atoms with Gasteiger partial charge in [-0.05, 0) is 38.5 Å². The number of nitrogens with zero attached hydrogens (tertiary/aromatic N) is 1. The number of nitrogens with one attached hydrogen (secondary N) is 1. The molecule has 8 nitrogen and oxygen atoms in total. The average molecular weight is 745 g/mol. The van der Waals surface area contributed by atoms with E-state index in [0.29, 0.717) is 23.9 Å². The van der Waals surface area contributed by atoms with Crippen LogP contribution in [0.1, 0.15) is 200 Å². The summed E-state index contributed by atoms with van der Waals surface area (Å²) < 4.78 is 23.2. The first-order valence-corrected chi connectivity index (χ1v) is 23.0. The van der Waals surface area contributed by atoms with Crippen LogP contribution in [0.2, 0.25) is 0 Å². The zero-order valence-corrected chi connectivity index (χ0v) is 35.2. The average Bonchev–Trinajstić information content (AvgIpc) is 3.07. The van der Waals surface area contributed by atoms with Gasteiger partial charge in [-0.25, -0.2) is 0 Å². The van der Waals surface area contributed by atoms with E-state index in [1.807, 2.05) is 21.1 Å². The first-order valence-electron chi connectivity index (χ1n) is 21.5. The molecule has 0 aliphatic carbocycles. The lowest BCUT2D eigenvalue weighted by atomic mass is 10.0. The number of carbonyl (C=O) groups is 1. The summed E-state index contributed by atoms with van der Waals surface area (Å²) in [6.45, 7) is 4.70. The topological polar surface area (TPSA) is 108 Å². The van der Waals surface area contributed by atoms with Gasteiger partial charge in [-0.1, -0.05) is 167 Å². The van der Waals surface area contributed by atoms with Gasteiger partial charge in [-0.15, -0.1) is 0 Å². The van der Waals surface area contributed by atoms with E-state index in [0.717, 1.165) is 38.5 Å². The van der Waals surface area contributed by atoms with Gasteiger partial charge in [0, 0.05) is 6.42 Å². The molecule has 0 aromatic heterocycles. The van der Waals surface area contributed by atoms with Crippen LogP contribution in [0.5, 0.6) is 0 Å². The number of quaternary nitrogens is 1. The minimum atomic E-state index is -4.55. The minimum absolute atomic E-state index is 0.0134. The van der Waals surface area contributed by atoms with E-state index >= 15 is 0 Å². The maximum atomic E-state index is 12.8. The van der Waals surface area contributed by atoms with Crippen molar-refractivity contribution in [2.24, 2.45) is 0 Å². The maximum absolute atomic E-state index is 12.8. The van der Waals surface area contributed by atoms with Crippen molar-refractivity contribution in [2.75, 3.05) is 40.9 Å². The molecule has 0 aromatic carbocycles. The molecule has 9 heteroatoms. The third-order valence-electron chi connectivity index (χ3n) is 9.75. The highest BCUT2D eigenvalue weighted by Gasteiger charge is 2.24. The molecule has 1 amide bonds. The number of rotatable bonds is 39. The third-order valence-corrected chi connectivity index (χ3v) is 10.7. The maximum Gasteiger partial charge on any atom is 0.268 e.